The quantitative estimate of drug-likeness (QED) is 0.748. The van der Waals surface area contributed by atoms with Crippen molar-refractivity contribution in [3.05, 3.63) is 29.6 Å². The highest BCUT2D eigenvalue weighted by atomic mass is 35.5. The van der Waals surface area contributed by atoms with Crippen molar-refractivity contribution in [3.63, 3.8) is 0 Å². The number of benzene rings is 1. The van der Waals surface area contributed by atoms with Crippen molar-refractivity contribution in [2.24, 2.45) is 0 Å². The van der Waals surface area contributed by atoms with Gasteiger partial charge in [-0.25, -0.2) is 4.98 Å². The summed E-state index contributed by atoms with van der Waals surface area (Å²) < 4.78 is 2.43. The van der Waals surface area contributed by atoms with Gasteiger partial charge in [0.05, 0.1) is 16.9 Å². The van der Waals surface area contributed by atoms with Gasteiger partial charge in [-0.3, -0.25) is 0 Å². The van der Waals surface area contributed by atoms with Gasteiger partial charge in [0.2, 0.25) is 0 Å². The first-order chi connectivity index (χ1) is 9.74. The van der Waals surface area contributed by atoms with E-state index in [1.54, 1.807) is 0 Å². The number of aromatic nitrogens is 2. The fourth-order valence-corrected chi connectivity index (χ4v) is 4.43. The molecule has 1 fully saturated rings. The third-order valence-electron chi connectivity index (χ3n) is 4.40. The van der Waals surface area contributed by atoms with Gasteiger partial charge in [0, 0.05) is 11.3 Å². The van der Waals surface area contributed by atoms with Crippen LogP contribution in [-0.4, -0.2) is 21.1 Å². The van der Waals surface area contributed by atoms with Gasteiger partial charge in [-0.05, 0) is 44.1 Å². The molecule has 0 saturated heterocycles. The van der Waals surface area contributed by atoms with Gasteiger partial charge in [-0.1, -0.05) is 18.6 Å². The van der Waals surface area contributed by atoms with E-state index in [0.717, 1.165) is 16.6 Å². The number of hydrogen-bond acceptors (Lipinski definition) is 2. The van der Waals surface area contributed by atoms with E-state index in [1.807, 2.05) is 11.8 Å². The molecule has 20 heavy (non-hydrogen) atoms. The van der Waals surface area contributed by atoms with E-state index in [0.29, 0.717) is 11.9 Å². The number of alkyl halides is 1. The van der Waals surface area contributed by atoms with E-state index in [9.17, 15) is 0 Å². The average molecular weight is 309 g/mol. The van der Waals surface area contributed by atoms with Crippen molar-refractivity contribution in [1.29, 1.82) is 0 Å². The van der Waals surface area contributed by atoms with E-state index in [4.69, 9.17) is 16.6 Å². The third kappa shape index (κ3) is 2.46. The number of halogens is 1. The van der Waals surface area contributed by atoms with Crippen LogP contribution in [-0.2, 0) is 5.88 Å². The molecule has 4 heteroatoms. The van der Waals surface area contributed by atoms with Gasteiger partial charge >= 0.3 is 0 Å². The lowest BCUT2D eigenvalue weighted by Crippen LogP contribution is -2.22. The van der Waals surface area contributed by atoms with Crippen molar-refractivity contribution in [1.82, 2.24) is 9.55 Å². The zero-order valence-corrected chi connectivity index (χ0v) is 13.7. The van der Waals surface area contributed by atoms with E-state index >= 15 is 0 Å². The minimum atomic E-state index is 0.495. The van der Waals surface area contributed by atoms with Crippen LogP contribution in [0.4, 0.5) is 0 Å². The maximum atomic E-state index is 6.16. The predicted octanol–water partition coefficient (Wildman–Crippen LogP) is 4.93. The van der Waals surface area contributed by atoms with Crippen LogP contribution in [0, 0.1) is 6.92 Å². The summed E-state index contributed by atoms with van der Waals surface area (Å²) in [6.45, 7) is 2.17. The molecule has 108 valence electrons. The fraction of sp³-hybridized carbons (Fsp3) is 0.562. The number of rotatable bonds is 3. The summed E-state index contributed by atoms with van der Waals surface area (Å²) in [6, 6.07) is 6.91. The van der Waals surface area contributed by atoms with Gasteiger partial charge in [-0.15, -0.1) is 11.6 Å². The molecule has 2 aromatic rings. The Morgan fingerprint density at radius 3 is 3.00 bits per heavy atom. The van der Waals surface area contributed by atoms with Crippen LogP contribution in [0.5, 0.6) is 0 Å². The van der Waals surface area contributed by atoms with Gasteiger partial charge in [0.15, 0.2) is 0 Å². The Balaban J connectivity index is 2.09. The molecule has 0 N–H and O–H groups in total. The second-order valence-electron chi connectivity index (χ2n) is 5.65. The van der Waals surface area contributed by atoms with E-state index < -0.39 is 0 Å². The average Bonchev–Trinajstić information content (AvgIpc) is 2.87. The van der Waals surface area contributed by atoms with Crippen LogP contribution in [0.2, 0.25) is 0 Å². The Morgan fingerprint density at radius 2 is 2.25 bits per heavy atom. The lowest BCUT2D eigenvalue weighted by Gasteiger charge is -2.30. The molecule has 0 bridgehead atoms. The number of para-hydroxylation sites is 1. The lowest BCUT2D eigenvalue weighted by molar-refractivity contribution is 0.362. The summed E-state index contributed by atoms with van der Waals surface area (Å²) in [6.07, 6.45) is 7.38. The Kier molecular flexibility index (Phi) is 4.27. The maximum absolute atomic E-state index is 6.16. The normalized spacial score (nSPS) is 23.4. The Labute approximate surface area is 129 Å². The topological polar surface area (TPSA) is 17.8 Å². The molecule has 2 nitrogen and oxygen atoms in total. The summed E-state index contributed by atoms with van der Waals surface area (Å²) >= 11 is 8.16. The second-order valence-corrected chi connectivity index (χ2v) is 7.06. The Morgan fingerprint density at radius 1 is 1.40 bits per heavy atom. The first-order valence-electron chi connectivity index (χ1n) is 7.29. The molecule has 2 atom stereocenters. The molecule has 1 heterocycles. The zero-order chi connectivity index (χ0) is 14.1. The molecule has 1 aliphatic carbocycles. The minimum absolute atomic E-state index is 0.495. The number of nitrogens with zero attached hydrogens (tertiary/aromatic N) is 2. The molecular weight excluding hydrogens is 288 g/mol. The van der Waals surface area contributed by atoms with Gasteiger partial charge in [0.1, 0.15) is 5.82 Å². The standard InChI is InChI=1S/C16H21ClN2S/c1-11-5-3-8-14-16(11)19(15(10-17)18-14)12-6-4-7-13(9-12)20-2/h3,5,8,12-13H,4,6-7,9-10H2,1-2H3. The monoisotopic (exact) mass is 308 g/mol. The zero-order valence-electron chi connectivity index (χ0n) is 12.1. The molecule has 2 unspecified atom stereocenters. The summed E-state index contributed by atoms with van der Waals surface area (Å²) in [4.78, 5) is 4.74. The summed E-state index contributed by atoms with van der Waals surface area (Å²) in [7, 11) is 0. The van der Waals surface area contributed by atoms with Crippen LogP contribution in [0.1, 0.15) is 43.1 Å². The van der Waals surface area contributed by atoms with Crippen molar-refractivity contribution in [2.75, 3.05) is 6.26 Å². The summed E-state index contributed by atoms with van der Waals surface area (Å²) in [5.41, 5.74) is 3.68. The highest BCUT2D eigenvalue weighted by molar-refractivity contribution is 7.99. The number of fused-ring (bicyclic) bond motifs is 1. The van der Waals surface area contributed by atoms with Crippen molar-refractivity contribution >= 4 is 34.4 Å². The van der Waals surface area contributed by atoms with Crippen LogP contribution in [0.15, 0.2) is 18.2 Å². The lowest BCUT2D eigenvalue weighted by atomic mass is 9.94. The van der Waals surface area contributed by atoms with E-state index in [1.165, 1.54) is 36.8 Å². The van der Waals surface area contributed by atoms with E-state index in [2.05, 4.69) is 35.9 Å². The molecule has 1 aromatic heterocycles. The molecule has 1 aliphatic rings. The smallest absolute Gasteiger partial charge is 0.125 e. The summed E-state index contributed by atoms with van der Waals surface area (Å²) in [5.74, 6) is 1.52. The van der Waals surface area contributed by atoms with Crippen LogP contribution in [0.25, 0.3) is 11.0 Å². The molecule has 1 saturated carbocycles. The second kappa shape index (κ2) is 5.98. The molecule has 0 radical (unpaired) electrons. The fourth-order valence-electron chi connectivity index (χ4n) is 3.43. The molecule has 0 spiro atoms. The van der Waals surface area contributed by atoms with Gasteiger partial charge in [0.25, 0.3) is 0 Å². The highest BCUT2D eigenvalue weighted by Gasteiger charge is 2.26. The summed E-state index contributed by atoms with van der Waals surface area (Å²) in [5, 5.41) is 0.776. The van der Waals surface area contributed by atoms with Gasteiger partial charge < -0.3 is 4.57 Å². The number of imidazole rings is 1. The van der Waals surface area contributed by atoms with Crippen molar-refractivity contribution in [2.45, 2.75) is 49.8 Å². The predicted molar refractivity (Wildman–Crippen MR) is 88.8 cm³/mol. The van der Waals surface area contributed by atoms with Crippen LogP contribution < -0.4 is 0 Å². The van der Waals surface area contributed by atoms with Crippen molar-refractivity contribution in [3.8, 4) is 0 Å². The Bertz CT molecular complexity index is 608. The van der Waals surface area contributed by atoms with Crippen LogP contribution >= 0.6 is 23.4 Å². The first-order valence-corrected chi connectivity index (χ1v) is 9.12. The minimum Gasteiger partial charge on any atom is -0.324 e. The number of aryl methyl sites for hydroxylation is 1. The van der Waals surface area contributed by atoms with E-state index in [-0.39, 0.29) is 0 Å². The molecule has 0 aliphatic heterocycles. The molecule has 1 aromatic carbocycles. The first kappa shape index (κ1) is 14.3. The van der Waals surface area contributed by atoms with Crippen molar-refractivity contribution < 1.29 is 0 Å². The van der Waals surface area contributed by atoms with Gasteiger partial charge in [-0.2, -0.15) is 11.8 Å². The largest absolute Gasteiger partial charge is 0.324 e. The highest BCUT2D eigenvalue weighted by Crippen LogP contribution is 2.37. The molecule has 3 rings (SSSR count). The Hall–Kier alpha value is -0.670. The van der Waals surface area contributed by atoms with Crippen LogP contribution in [0.3, 0.4) is 0 Å². The number of hydrogen-bond donors (Lipinski definition) is 0. The maximum Gasteiger partial charge on any atom is 0.125 e. The third-order valence-corrected chi connectivity index (χ3v) is 5.74. The molecular formula is C16H21ClN2S. The number of thioether (sulfide) groups is 1. The SMILES string of the molecule is CSC1CCCC(n2c(CCl)nc3cccc(C)c32)C1. The molecule has 0 amide bonds.